The van der Waals surface area contributed by atoms with Gasteiger partial charge in [0, 0.05) is 30.4 Å². The van der Waals surface area contributed by atoms with Crippen LogP contribution >= 0.6 is 0 Å². The summed E-state index contributed by atoms with van der Waals surface area (Å²) in [6.45, 7) is 10.4. The lowest BCUT2D eigenvalue weighted by Crippen LogP contribution is -2.60. The molecule has 4 atom stereocenters. The molecule has 14 heteroatoms. The average molecular weight is 721 g/mol. The second-order valence-electron chi connectivity index (χ2n) is 14.7. The van der Waals surface area contributed by atoms with Crippen molar-refractivity contribution in [2.24, 2.45) is 10.8 Å². The fourth-order valence-corrected chi connectivity index (χ4v) is 5.44. The van der Waals surface area contributed by atoms with E-state index in [1.165, 1.54) is 19.2 Å². The molecule has 0 saturated heterocycles. The number of amides is 4. The summed E-state index contributed by atoms with van der Waals surface area (Å²) >= 11 is 0. The van der Waals surface area contributed by atoms with Gasteiger partial charge in [-0.15, -0.1) is 0 Å². The first kappa shape index (κ1) is 41.2. The minimum atomic E-state index is -1.31. The molecule has 0 saturated carbocycles. The molecule has 282 valence electrons. The zero-order valence-corrected chi connectivity index (χ0v) is 31.1. The Kier molecular flexibility index (Phi) is 14.5. The highest BCUT2D eigenvalue weighted by Crippen LogP contribution is 2.27. The molecule has 0 spiro atoms. The number of aromatic nitrogens is 1. The van der Waals surface area contributed by atoms with E-state index in [0.29, 0.717) is 16.8 Å². The molecule has 0 unspecified atom stereocenters. The van der Waals surface area contributed by atoms with Gasteiger partial charge in [0.15, 0.2) is 0 Å². The van der Waals surface area contributed by atoms with E-state index >= 15 is 0 Å². The van der Waals surface area contributed by atoms with Crippen molar-refractivity contribution in [2.75, 3.05) is 20.8 Å². The Morgan fingerprint density at radius 3 is 1.88 bits per heavy atom. The number of hydrogen-bond acceptors (Lipinski definition) is 10. The number of nitrogens with one attached hydrogen (secondary N) is 4. The van der Waals surface area contributed by atoms with Gasteiger partial charge in [0.1, 0.15) is 17.8 Å². The van der Waals surface area contributed by atoms with Crippen LogP contribution in [0, 0.1) is 10.8 Å². The number of hydrogen-bond donors (Lipinski definition) is 6. The fraction of sp³-hybridized carbons (Fsp3) is 0.447. The molecule has 0 aliphatic carbocycles. The number of carbonyl (C=O) groups is 4. The topological polar surface area (TPSA) is 191 Å². The molecule has 3 aromatic rings. The molecule has 4 amide bonds. The summed E-state index contributed by atoms with van der Waals surface area (Å²) in [6.07, 6.45) is -1.05. The number of aliphatic hydroxyl groups is 1. The van der Waals surface area contributed by atoms with E-state index < -0.39 is 59.1 Å². The van der Waals surface area contributed by atoms with E-state index in [9.17, 15) is 29.4 Å². The third kappa shape index (κ3) is 12.2. The quantitative estimate of drug-likeness (QED) is 0.133. The van der Waals surface area contributed by atoms with Crippen LogP contribution in [0.1, 0.15) is 52.7 Å². The zero-order valence-electron chi connectivity index (χ0n) is 31.1. The summed E-state index contributed by atoms with van der Waals surface area (Å²) in [7, 11) is 2.39. The molecule has 3 rings (SSSR count). The Bertz CT molecular complexity index is 1640. The smallest absolute Gasteiger partial charge is 0.407 e. The highest BCUT2D eigenvalue weighted by atomic mass is 16.5. The van der Waals surface area contributed by atoms with Gasteiger partial charge < -0.3 is 35.6 Å². The lowest BCUT2D eigenvalue weighted by molar-refractivity contribution is -0.132. The average Bonchev–Trinajstić information content (AvgIpc) is 3.09. The van der Waals surface area contributed by atoms with Gasteiger partial charge in [-0.25, -0.2) is 14.6 Å². The van der Waals surface area contributed by atoms with Crippen LogP contribution < -0.4 is 21.4 Å². The number of methoxy groups -OCH3 is 2. The van der Waals surface area contributed by atoms with Crippen LogP contribution in [0.5, 0.6) is 5.75 Å². The summed E-state index contributed by atoms with van der Waals surface area (Å²) in [5.74, 6) is -1.23. The van der Waals surface area contributed by atoms with Crippen molar-refractivity contribution in [3.05, 3.63) is 84.1 Å². The number of phenols is 1. The standard InChI is InChI=1S/C38H52N6O8/c1-37(2,3)31(41-35(49)51-7)33(47)40-28(20-24-14-10-9-11-15-24)30(46)23-44(43-34(48)32(38(4,5)6)42-36(50)52-8)22-26-18-17-25(21-29(26)45)27-16-12-13-19-39-27/h9-19,21,28,30-32,45-46H,20,22-23H2,1-8H3,(H,40,47)(H,41,49)(H,42,50)(H,43,48)/t28-,30-,31+,32+/m0/s1. The van der Waals surface area contributed by atoms with Crippen LogP contribution in [0.25, 0.3) is 11.3 Å². The van der Waals surface area contributed by atoms with Gasteiger partial charge in [-0.1, -0.05) is 90.1 Å². The molecule has 6 N–H and O–H groups in total. The number of pyridine rings is 1. The summed E-state index contributed by atoms with van der Waals surface area (Å²) < 4.78 is 9.51. The molecule has 0 radical (unpaired) electrons. The molecule has 0 aliphatic rings. The Balaban J connectivity index is 1.99. The van der Waals surface area contributed by atoms with Gasteiger partial charge in [0.2, 0.25) is 5.91 Å². The van der Waals surface area contributed by atoms with Crippen LogP contribution in [0.2, 0.25) is 0 Å². The van der Waals surface area contributed by atoms with Crippen molar-refractivity contribution in [1.82, 2.24) is 31.4 Å². The van der Waals surface area contributed by atoms with Gasteiger partial charge in [-0.2, -0.15) is 0 Å². The van der Waals surface area contributed by atoms with Crippen molar-refractivity contribution >= 4 is 24.0 Å². The largest absolute Gasteiger partial charge is 0.508 e. The van der Waals surface area contributed by atoms with E-state index in [-0.39, 0.29) is 25.3 Å². The van der Waals surface area contributed by atoms with Gasteiger partial charge in [-0.3, -0.25) is 20.0 Å². The highest BCUT2D eigenvalue weighted by Gasteiger charge is 2.37. The molecule has 0 aliphatic heterocycles. The van der Waals surface area contributed by atoms with Crippen LogP contribution in [0.3, 0.4) is 0 Å². The van der Waals surface area contributed by atoms with Crippen LogP contribution in [0.4, 0.5) is 9.59 Å². The molecule has 2 aromatic carbocycles. The number of ether oxygens (including phenoxy) is 2. The summed E-state index contributed by atoms with van der Waals surface area (Å²) in [6, 6.07) is 16.7. The van der Waals surface area contributed by atoms with Crippen LogP contribution in [0.15, 0.2) is 72.9 Å². The maximum Gasteiger partial charge on any atom is 0.407 e. The van der Waals surface area contributed by atoms with Gasteiger partial charge in [0.25, 0.3) is 5.91 Å². The maximum atomic E-state index is 13.8. The Hall–Kier alpha value is -5.21. The van der Waals surface area contributed by atoms with Gasteiger partial charge in [-0.05, 0) is 41.0 Å². The third-order valence-corrected chi connectivity index (χ3v) is 8.33. The zero-order chi connectivity index (χ0) is 38.6. The molecule has 0 fully saturated rings. The fourth-order valence-electron chi connectivity index (χ4n) is 5.44. The molecule has 1 aromatic heterocycles. The summed E-state index contributed by atoms with van der Waals surface area (Å²) in [4.78, 5) is 56.3. The van der Waals surface area contributed by atoms with Crippen molar-refractivity contribution in [2.45, 2.75) is 78.7 Å². The molecule has 14 nitrogen and oxygen atoms in total. The van der Waals surface area contributed by atoms with E-state index in [1.807, 2.05) is 42.5 Å². The van der Waals surface area contributed by atoms with Crippen molar-refractivity contribution < 1.29 is 38.9 Å². The summed E-state index contributed by atoms with van der Waals surface area (Å²) in [5.41, 5.74) is 3.89. The normalized spacial score (nSPS) is 14.0. The Morgan fingerprint density at radius 1 is 0.788 bits per heavy atom. The second-order valence-corrected chi connectivity index (χ2v) is 14.7. The number of aliphatic hydroxyl groups excluding tert-OH is 1. The highest BCUT2D eigenvalue weighted by molar-refractivity contribution is 5.87. The first-order valence-electron chi connectivity index (χ1n) is 16.9. The number of phenolic OH excluding ortho intramolecular Hbond substituents is 1. The molecule has 52 heavy (non-hydrogen) atoms. The first-order chi connectivity index (χ1) is 24.4. The summed E-state index contributed by atoms with van der Waals surface area (Å²) in [5, 5.41) is 32.5. The Labute approximate surface area is 305 Å². The first-order valence-corrected chi connectivity index (χ1v) is 16.9. The molecular weight excluding hydrogens is 668 g/mol. The van der Waals surface area contributed by atoms with E-state index in [1.54, 1.807) is 72.0 Å². The van der Waals surface area contributed by atoms with Crippen LogP contribution in [-0.4, -0.2) is 89.2 Å². The minimum Gasteiger partial charge on any atom is -0.508 e. The van der Waals surface area contributed by atoms with Crippen molar-refractivity contribution in [3.63, 3.8) is 0 Å². The van der Waals surface area contributed by atoms with Crippen molar-refractivity contribution in [3.8, 4) is 17.0 Å². The number of alkyl carbamates (subject to hydrolysis) is 2. The second kappa shape index (κ2) is 18.3. The third-order valence-electron chi connectivity index (χ3n) is 8.33. The lowest BCUT2D eigenvalue weighted by atomic mass is 9.85. The Morgan fingerprint density at radius 2 is 1.37 bits per heavy atom. The van der Waals surface area contributed by atoms with E-state index in [4.69, 9.17) is 9.47 Å². The van der Waals surface area contributed by atoms with Gasteiger partial charge >= 0.3 is 12.2 Å². The lowest BCUT2D eigenvalue weighted by Gasteiger charge is -2.35. The molecule has 0 bridgehead atoms. The minimum absolute atomic E-state index is 0.0759. The van der Waals surface area contributed by atoms with Crippen molar-refractivity contribution in [1.29, 1.82) is 0 Å². The predicted octanol–water partition coefficient (Wildman–Crippen LogP) is 3.92. The van der Waals surface area contributed by atoms with Crippen LogP contribution in [-0.2, 0) is 32.0 Å². The molecule has 1 heterocycles. The van der Waals surface area contributed by atoms with E-state index in [2.05, 4.69) is 26.4 Å². The SMILES string of the molecule is COC(=O)N[C@H](C(=O)N[C@@H](Cc1ccccc1)[C@@H](O)CN(Cc1ccc(-c2ccccn2)cc1O)NC(=O)[C@@H](NC(=O)OC)C(C)(C)C)C(C)(C)C. The maximum absolute atomic E-state index is 13.8. The number of aromatic hydroxyl groups is 1. The predicted molar refractivity (Wildman–Crippen MR) is 196 cm³/mol. The number of benzene rings is 2. The number of hydrazine groups is 1. The van der Waals surface area contributed by atoms with E-state index in [0.717, 1.165) is 5.56 Å². The number of nitrogens with zero attached hydrogens (tertiary/aromatic N) is 2. The van der Waals surface area contributed by atoms with Gasteiger partial charge in [0.05, 0.1) is 32.1 Å². The number of rotatable bonds is 14. The number of carbonyl (C=O) groups excluding carboxylic acids is 4. The molecular formula is C38H52N6O8. The monoisotopic (exact) mass is 720 g/mol.